The Bertz CT molecular complexity index is 1080. The first-order valence-electron chi connectivity index (χ1n) is 12.3. The fourth-order valence-electron chi connectivity index (χ4n) is 4.89. The van der Waals surface area contributed by atoms with E-state index >= 15 is 0 Å². The molecule has 1 amide bonds. The summed E-state index contributed by atoms with van der Waals surface area (Å²) in [4.78, 5) is 21.8. The third-order valence-corrected chi connectivity index (χ3v) is 11.6. The van der Waals surface area contributed by atoms with Crippen molar-refractivity contribution in [2.24, 2.45) is 0 Å². The number of piperazine rings is 1. The van der Waals surface area contributed by atoms with Gasteiger partial charge in [-0.15, -0.1) is 0 Å². The van der Waals surface area contributed by atoms with Gasteiger partial charge < -0.3 is 25.1 Å². The van der Waals surface area contributed by atoms with E-state index in [0.717, 1.165) is 25.2 Å². The Balaban J connectivity index is 1.52. The highest BCUT2D eigenvalue weighted by Gasteiger charge is 2.50. The molecule has 190 valence electrons. The van der Waals surface area contributed by atoms with Gasteiger partial charge in [-0.1, -0.05) is 81.4 Å². The highest BCUT2D eigenvalue weighted by molar-refractivity contribution is 6.99. The molecule has 36 heavy (non-hydrogen) atoms. The van der Waals surface area contributed by atoms with Gasteiger partial charge in [0, 0.05) is 50.2 Å². The predicted molar refractivity (Wildman–Crippen MR) is 144 cm³/mol. The molecule has 0 radical (unpaired) electrons. The summed E-state index contributed by atoms with van der Waals surface area (Å²) in [6.07, 6.45) is 2.28. The minimum atomic E-state index is -2.61. The number of amides is 1. The largest absolute Gasteiger partial charge is 0.465 e. The molecule has 2 heterocycles. The highest BCUT2D eigenvalue weighted by Crippen LogP contribution is 2.36. The predicted octanol–water partition coefficient (Wildman–Crippen LogP) is 2.60. The Labute approximate surface area is 213 Å². The second kappa shape index (κ2) is 11.2. The molecule has 2 aromatic carbocycles. The van der Waals surface area contributed by atoms with Crippen LogP contribution in [0.4, 0.5) is 10.7 Å². The van der Waals surface area contributed by atoms with E-state index in [1.807, 2.05) is 0 Å². The fraction of sp³-hybridized carbons (Fsp3) is 0.370. The topological polar surface area (TPSA) is 99.6 Å². The SMILES string of the molecule is CC(C)(C)[Si](OCC1CN(c2ncc(CNC(=O)O)cn2)CCN1)(c1ccccc1)c1ccccc1. The van der Waals surface area contributed by atoms with Gasteiger partial charge in [0.05, 0.1) is 6.61 Å². The van der Waals surface area contributed by atoms with Crippen LogP contribution >= 0.6 is 0 Å². The maximum absolute atomic E-state index is 10.7. The summed E-state index contributed by atoms with van der Waals surface area (Å²) in [7, 11) is -2.61. The van der Waals surface area contributed by atoms with Crippen molar-refractivity contribution in [1.82, 2.24) is 20.6 Å². The van der Waals surface area contributed by atoms with Crippen molar-refractivity contribution in [2.75, 3.05) is 31.1 Å². The van der Waals surface area contributed by atoms with Gasteiger partial charge in [0.15, 0.2) is 0 Å². The van der Waals surface area contributed by atoms with Crippen molar-refractivity contribution in [3.05, 3.63) is 78.6 Å². The van der Waals surface area contributed by atoms with Gasteiger partial charge in [-0.05, 0) is 15.4 Å². The summed E-state index contributed by atoms with van der Waals surface area (Å²) in [6.45, 7) is 9.95. The van der Waals surface area contributed by atoms with Crippen molar-refractivity contribution in [3.63, 3.8) is 0 Å². The van der Waals surface area contributed by atoms with Crippen molar-refractivity contribution in [2.45, 2.75) is 38.4 Å². The molecule has 0 saturated carbocycles. The van der Waals surface area contributed by atoms with Crippen LogP contribution in [0.25, 0.3) is 0 Å². The maximum atomic E-state index is 10.7. The number of rotatable bonds is 8. The van der Waals surface area contributed by atoms with Crippen LogP contribution < -0.4 is 25.9 Å². The number of nitrogens with one attached hydrogen (secondary N) is 2. The molecule has 1 unspecified atom stereocenters. The van der Waals surface area contributed by atoms with Crippen molar-refractivity contribution < 1.29 is 14.3 Å². The van der Waals surface area contributed by atoms with E-state index in [0.29, 0.717) is 12.6 Å². The maximum Gasteiger partial charge on any atom is 0.404 e. The number of hydrogen-bond acceptors (Lipinski definition) is 6. The van der Waals surface area contributed by atoms with E-state index < -0.39 is 14.4 Å². The lowest BCUT2D eigenvalue weighted by Crippen LogP contribution is -2.68. The molecule has 4 rings (SSSR count). The molecule has 1 fully saturated rings. The lowest BCUT2D eigenvalue weighted by molar-refractivity contribution is 0.194. The van der Waals surface area contributed by atoms with Crippen LogP contribution in [0.2, 0.25) is 5.04 Å². The van der Waals surface area contributed by atoms with Crippen molar-refractivity contribution in [3.8, 4) is 0 Å². The molecule has 1 saturated heterocycles. The van der Waals surface area contributed by atoms with E-state index in [-0.39, 0.29) is 17.6 Å². The summed E-state index contributed by atoms with van der Waals surface area (Å²) in [5.74, 6) is 0.644. The third-order valence-electron chi connectivity index (χ3n) is 6.59. The summed E-state index contributed by atoms with van der Waals surface area (Å²) >= 11 is 0. The zero-order chi connectivity index (χ0) is 25.6. The molecular weight excluding hydrogens is 470 g/mol. The normalized spacial score (nSPS) is 16.5. The second-order valence-corrected chi connectivity index (χ2v) is 14.4. The number of hydrogen-bond donors (Lipinski definition) is 3. The van der Waals surface area contributed by atoms with Crippen LogP contribution in [0.3, 0.4) is 0 Å². The first-order valence-corrected chi connectivity index (χ1v) is 14.2. The van der Waals surface area contributed by atoms with Crippen LogP contribution in [-0.4, -0.2) is 61.8 Å². The lowest BCUT2D eigenvalue weighted by atomic mass is 10.2. The number of aromatic nitrogens is 2. The molecule has 8 nitrogen and oxygen atoms in total. The number of anilines is 1. The van der Waals surface area contributed by atoms with E-state index in [4.69, 9.17) is 9.53 Å². The third kappa shape index (κ3) is 5.75. The Morgan fingerprint density at radius 1 is 1.08 bits per heavy atom. The average Bonchev–Trinajstić information content (AvgIpc) is 2.89. The van der Waals surface area contributed by atoms with Crippen LogP contribution in [-0.2, 0) is 11.0 Å². The smallest absolute Gasteiger partial charge is 0.404 e. The minimum Gasteiger partial charge on any atom is -0.465 e. The van der Waals surface area contributed by atoms with E-state index in [9.17, 15) is 4.79 Å². The van der Waals surface area contributed by atoms with E-state index in [2.05, 4.69) is 107 Å². The van der Waals surface area contributed by atoms with Crippen molar-refractivity contribution >= 4 is 30.7 Å². The monoisotopic (exact) mass is 505 g/mol. The number of carbonyl (C=O) groups is 1. The van der Waals surface area contributed by atoms with E-state index in [1.165, 1.54) is 10.4 Å². The molecule has 1 aliphatic rings. The second-order valence-electron chi connectivity index (χ2n) is 10.1. The zero-order valence-corrected chi connectivity index (χ0v) is 22.1. The highest BCUT2D eigenvalue weighted by atomic mass is 28.4. The molecule has 1 aromatic heterocycles. The quantitative estimate of drug-likeness (QED) is 0.405. The first-order chi connectivity index (χ1) is 17.3. The Hall–Kier alpha value is -3.27. The van der Waals surface area contributed by atoms with E-state index in [1.54, 1.807) is 12.4 Å². The van der Waals surface area contributed by atoms with Gasteiger partial charge in [-0.25, -0.2) is 14.8 Å². The summed E-state index contributed by atoms with van der Waals surface area (Å²) in [6, 6.07) is 21.5. The first kappa shape index (κ1) is 25.8. The molecule has 3 aromatic rings. The molecule has 0 aliphatic carbocycles. The molecule has 3 N–H and O–H groups in total. The minimum absolute atomic E-state index is 0.0764. The summed E-state index contributed by atoms with van der Waals surface area (Å²) in [5.41, 5.74) is 0.725. The average molecular weight is 506 g/mol. The van der Waals surface area contributed by atoms with Crippen LogP contribution in [0.5, 0.6) is 0 Å². The Kier molecular flexibility index (Phi) is 8.03. The van der Waals surface area contributed by atoms with Gasteiger partial charge in [0.2, 0.25) is 5.95 Å². The van der Waals surface area contributed by atoms with Gasteiger partial charge in [0.1, 0.15) is 0 Å². The van der Waals surface area contributed by atoms with Crippen LogP contribution in [0.1, 0.15) is 26.3 Å². The van der Waals surface area contributed by atoms with Crippen LogP contribution in [0, 0.1) is 0 Å². The summed E-state index contributed by atoms with van der Waals surface area (Å²) in [5, 5.41) is 17.2. The van der Waals surface area contributed by atoms with Gasteiger partial charge in [-0.2, -0.15) is 0 Å². The molecule has 1 atom stereocenters. The number of nitrogens with zero attached hydrogens (tertiary/aromatic N) is 3. The number of carboxylic acid groups (broad SMARTS) is 1. The van der Waals surface area contributed by atoms with Gasteiger partial charge in [0.25, 0.3) is 8.32 Å². The van der Waals surface area contributed by atoms with Gasteiger partial charge >= 0.3 is 6.09 Å². The molecule has 1 aliphatic heterocycles. The summed E-state index contributed by atoms with van der Waals surface area (Å²) < 4.78 is 7.11. The lowest BCUT2D eigenvalue weighted by Gasteiger charge is -2.44. The van der Waals surface area contributed by atoms with Crippen LogP contribution in [0.15, 0.2) is 73.1 Å². The standard InChI is InChI=1S/C27H35N5O3Si/c1-27(2,3)36(23-10-6-4-7-11-23,24-12-8-5-9-13-24)35-20-22-19-32(15-14-28-22)25-29-16-21(17-30-25)18-31-26(33)34/h4-13,16-17,22,28,31H,14-15,18-20H2,1-3H3,(H,33,34). The zero-order valence-electron chi connectivity index (χ0n) is 21.1. The molecule has 9 heteroatoms. The van der Waals surface area contributed by atoms with Crippen molar-refractivity contribution in [1.29, 1.82) is 0 Å². The molecule has 0 bridgehead atoms. The molecule has 0 spiro atoms. The Morgan fingerprint density at radius 3 is 2.19 bits per heavy atom. The number of benzene rings is 2. The fourth-order valence-corrected chi connectivity index (χ4v) is 9.49. The molecular formula is C27H35N5O3Si. The Morgan fingerprint density at radius 2 is 1.67 bits per heavy atom. The van der Waals surface area contributed by atoms with Gasteiger partial charge in [-0.3, -0.25) is 0 Å².